The molecule has 0 saturated carbocycles. The number of aromatic nitrogens is 2. The van der Waals surface area contributed by atoms with Gasteiger partial charge < -0.3 is 0 Å². The monoisotopic (exact) mass is 1470 g/mol. The van der Waals surface area contributed by atoms with E-state index >= 15 is 0 Å². The third-order valence-electron chi connectivity index (χ3n) is 27.6. The van der Waals surface area contributed by atoms with Crippen LogP contribution in [-0.4, -0.2) is 8.75 Å². The second-order valence-corrected chi connectivity index (χ2v) is 35.1. The van der Waals surface area contributed by atoms with Crippen LogP contribution in [0.4, 0.5) is 0 Å². The lowest BCUT2D eigenvalue weighted by Crippen LogP contribution is -2.26. The largest absolute Gasteiger partial charge is 0.172 e. The van der Waals surface area contributed by atoms with Crippen molar-refractivity contribution in [1.29, 1.82) is 0 Å². The van der Waals surface area contributed by atoms with E-state index in [1.54, 1.807) is 33.4 Å². The highest BCUT2D eigenvalue weighted by Gasteiger charge is 2.47. The zero-order valence-electron chi connectivity index (χ0n) is 68.8. The molecule has 0 atom stereocenters. The van der Waals surface area contributed by atoms with Gasteiger partial charge in [0, 0.05) is 32.8 Å². The molecule has 0 spiro atoms. The smallest absolute Gasteiger partial charge is 0.113 e. The summed E-state index contributed by atoms with van der Waals surface area (Å²) in [5.41, 5.74) is 36.6. The Morgan fingerprint density at radius 1 is 0.193 bits per heavy atom. The Morgan fingerprint density at radius 2 is 0.385 bits per heavy atom. The first-order valence-corrected chi connectivity index (χ1v) is 45.8. The van der Waals surface area contributed by atoms with Gasteiger partial charge in [-0.2, -0.15) is 8.75 Å². The fourth-order valence-corrected chi connectivity index (χ4v) is 22.3. The molecule has 572 valence electrons. The van der Waals surface area contributed by atoms with E-state index in [2.05, 4.69) is 225 Å². The third-order valence-corrected chi connectivity index (χ3v) is 28.1. The van der Waals surface area contributed by atoms with E-state index in [0.717, 1.165) is 11.0 Å². The Hall–Kier alpha value is -7.20. The Kier molecular flexibility index (Phi) is 26.3. The van der Waals surface area contributed by atoms with E-state index in [-0.39, 0.29) is 21.7 Å². The van der Waals surface area contributed by atoms with Gasteiger partial charge in [-0.05, 0) is 210 Å². The maximum absolute atomic E-state index is 5.34. The highest BCUT2D eigenvalue weighted by molar-refractivity contribution is 7.00. The van der Waals surface area contributed by atoms with Gasteiger partial charge in [0.2, 0.25) is 0 Å². The van der Waals surface area contributed by atoms with Crippen molar-refractivity contribution >= 4 is 22.8 Å². The number of unbranched alkanes of at least 4 members (excludes halogenated alkanes) is 24. The second-order valence-electron chi connectivity index (χ2n) is 34.6. The van der Waals surface area contributed by atoms with Gasteiger partial charge in [-0.25, -0.2) is 0 Å². The molecule has 0 N–H and O–H groups in total. The summed E-state index contributed by atoms with van der Waals surface area (Å²) in [4.78, 5) is 0. The van der Waals surface area contributed by atoms with E-state index in [1.165, 1.54) is 369 Å². The highest BCUT2D eigenvalue weighted by Crippen LogP contribution is 2.61. The minimum atomic E-state index is -0.101. The Morgan fingerprint density at radius 3 is 0.624 bits per heavy atom. The zero-order chi connectivity index (χ0) is 75.2. The molecule has 0 saturated heterocycles. The van der Waals surface area contributed by atoms with Gasteiger partial charge in [-0.1, -0.05) is 394 Å². The first-order valence-electron chi connectivity index (χ1n) is 45.0. The molecule has 1 aromatic heterocycles. The number of benzene rings is 9. The molecule has 0 aliphatic heterocycles. The van der Waals surface area contributed by atoms with Crippen LogP contribution in [0, 0.1) is 0 Å². The van der Waals surface area contributed by atoms with Crippen LogP contribution in [-0.2, 0) is 21.7 Å². The Bertz CT molecular complexity index is 4340. The lowest BCUT2D eigenvalue weighted by Gasteiger charge is -2.34. The van der Waals surface area contributed by atoms with Crippen molar-refractivity contribution in [1.82, 2.24) is 8.75 Å². The maximum Gasteiger partial charge on any atom is 0.113 e. The van der Waals surface area contributed by atoms with Gasteiger partial charge >= 0.3 is 0 Å². The lowest BCUT2D eigenvalue weighted by molar-refractivity contribution is 0.401. The summed E-state index contributed by atoms with van der Waals surface area (Å²) in [5.74, 6) is 0. The second kappa shape index (κ2) is 36.5. The number of hydrogen-bond acceptors (Lipinski definition) is 3. The fourth-order valence-electron chi connectivity index (χ4n) is 21.8. The van der Waals surface area contributed by atoms with Crippen LogP contribution in [0.3, 0.4) is 0 Å². The van der Waals surface area contributed by atoms with Crippen molar-refractivity contribution in [3.05, 3.63) is 214 Å². The zero-order valence-corrected chi connectivity index (χ0v) is 69.6. The minimum Gasteiger partial charge on any atom is -0.172 e. The summed E-state index contributed by atoms with van der Waals surface area (Å²) >= 11 is 1.39. The van der Waals surface area contributed by atoms with Crippen LogP contribution in [0.2, 0.25) is 0 Å². The number of fused-ring (bicyclic) bond motifs is 13. The quantitative estimate of drug-likeness (QED) is 0.0356. The summed E-state index contributed by atoms with van der Waals surface area (Å²) in [6, 6.07) is 70.1. The molecular formula is C106H132N2S. The van der Waals surface area contributed by atoms with E-state index in [4.69, 9.17) is 8.75 Å². The molecule has 9 aromatic carbocycles. The van der Waals surface area contributed by atoms with Crippen LogP contribution in [0.15, 0.2) is 170 Å². The summed E-state index contributed by atoms with van der Waals surface area (Å²) in [5, 5.41) is 0. The highest BCUT2D eigenvalue weighted by atomic mass is 32.1. The number of hydrogen-bond donors (Lipinski definition) is 0. The van der Waals surface area contributed by atoms with E-state index in [0.29, 0.717) is 0 Å². The van der Waals surface area contributed by atoms with Gasteiger partial charge in [-0.3, -0.25) is 0 Å². The predicted octanol–water partition coefficient (Wildman–Crippen LogP) is 33.2. The van der Waals surface area contributed by atoms with Crippen molar-refractivity contribution in [3.8, 4) is 89.0 Å². The van der Waals surface area contributed by atoms with Gasteiger partial charge in [-0.15, -0.1) is 0 Å². The molecule has 0 radical (unpaired) electrons. The SMILES string of the molecule is CCCCCCC1(CCCCCC)c2ccccc2-c2ccc(-c3ccc4c(c3)C(CCCCCC)(CCCCCC)c3cc(-c5ccc(-c6ccc7c(c6)C(CCCCCC)(CCCCCC)c6cc(-c8ccc9c(c8)C(CCCCCC)(CCCCCC)c8ccccc8-9)ccc6-7)c6nsnc56)ccc3-4)cc21. The summed E-state index contributed by atoms with van der Waals surface area (Å²) in [6.45, 7) is 18.9. The standard InChI is InChI=1S/C106H132N2S/c1-9-17-25-37-63-103(64-38-26-18-10-2)93-47-35-33-45-85(93)87-55-49-77(71-95(87)103)79-51-57-89-91-59-53-81(75-99(91)105(97(89)73-79,67-41-29-21-13-5)68-42-30-22-14-6)83-61-62-84(102-101(83)107-109-108-102)82-54-60-92-90-58-52-80(74-98(90)106(100(92)76-82,69-43-31-23-15-7)70-44-32-24-16-8)78-50-56-88-86-46-34-36-48-94(86)104(96(88)72-78,65-39-27-19-11-3)66-40-28-20-12-4/h33-36,45-62,71-76H,9-32,37-44,63-70H2,1-8H3. The Labute approximate surface area is 664 Å². The predicted molar refractivity (Wildman–Crippen MR) is 474 cm³/mol. The van der Waals surface area contributed by atoms with E-state index < -0.39 is 0 Å². The molecule has 4 aliphatic rings. The molecule has 0 amide bonds. The van der Waals surface area contributed by atoms with E-state index in [9.17, 15) is 0 Å². The van der Waals surface area contributed by atoms with Crippen molar-refractivity contribution in [2.45, 2.75) is 334 Å². The molecule has 0 bridgehead atoms. The van der Waals surface area contributed by atoms with Crippen LogP contribution >= 0.6 is 11.7 Å². The topological polar surface area (TPSA) is 25.8 Å². The first kappa shape index (κ1) is 78.5. The summed E-state index contributed by atoms with van der Waals surface area (Å²) in [7, 11) is 0. The fraction of sp³-hybridized carbons (Fsp3) is 0.491. The molecule has 14 rings (SSSR count). The van der Waals surface area contributed by atoms with Crippen molar-refractivity contribution in [2.24, 2.45) is 0 Å². The van der Waals surface area contributed by atoms with Crippen molar-refractivity contribution in [3.63, 3.8) is 0 Å². The molecule has 4 aliphatic carbocycles. The number of rotatable bonds is 44. The van der Waals surface area contributed by atoms with Crippen LogP contribution in [0.5, 0.6) is 0 Å². The van der Waals surface area contributed by atoms with Crippen molar-refractivity contribution in [2.75, 3.05) is 0 Å². The Balaban J connectivity index is 0.841. The first-order chi connectivity index (χ1) is 53.7. The van der Waals surface area contributed by atoms with Gasteiger partial charge in [0.25, 0.3) is 0 Å². The maximum atomic E-state index is 5.34. The normalized spacial score (nSPS) is 14.7. The van der Waals surface area contributed by atoms with Gasteiger partial charge in [0.05, 0.1) is 11.7 Å². The minimum absolute atomic E-state index is 0.0473. The van der Waals surface area contributed by atoms with E-state index in [1.807, 2.05) is 0 Å². The van der Waals surface area contributed by atoms with Gasteiger partial charge in [0.15, 0.2) is 0 Å². The number of nitrogens with zero attached hydrogens (tertiary/aromatic N) is 2. The van der Waals surface area contributed by atoms with Crippen LogP contribution in [0.1, 0.15) is 357 Å². The summed E-state index contributed by atoms with van der Waals surface area (Å²) < 4.78 is 10.7. The van der Waals surface area contributed by atoms with Crippen molar-refractivity contribution < 1.29 is 0 Å². The molecule has 0 fully saturated rings. The molecule has 0 unspecified atom stereocenters. The average molecular weight is 1470 g/mol. The molecule has 1 heterocycles. The average Bonchev–Trinajstić information content (AvgIpc) is 1.57. The summed E-state index contributed by atoms with van der Waals surface area (Å²) in [6.07, 6.45) is 50.4. The lowest BCUT2D eigenvalue weighted by atomic mass is 9.69. The van der Waals surface area contributed by atoms with Crippen LogP contribution in [0.25, 0.3) is 100 Å². The molecule has 109 heavy (non-hydrogen) atoms. The van der Waals surface area contributed by atoms with Crippen LogP contribution < -0.4 is 0 Å². The third kappa shape index (κ3) is 15.5. The van der Waals surface area contributed by atoms with Gasteiger partial charge in [0.1, 0.15) is 11.0 Å². The molecular weight excluding hydrogens is 1330 g/mol. The molecule has 3 heteroatoms. The molecule has 10 aromatic rings. The molecule has 2 nitrogen and oxygen atoms in total.